The van der Waals surface area contributed by atoms with Gasteiger partial charge in [0, 0.05) is 18.8 Å². The van der Waals surface area contributed by atoms with Crippen LogP contribution in [-0.4, -0.2) is 48.7 Å². The van der Waals surface area contributed by atoms with Gasteiger partial charge in [0.15, 0.2) is 6.29 Å². The van der Waals surface area contributed by atoms with Gasteiger partial charge in [-0.3, -0.25) is 4.79 Å². The Morgan fingerprint density at radius 1 is 1.10 bits per heavy atom. The molecular formula is C16H28O5. The fourth-order valence-corrected chi connectivity index (χ4v) is 1.05. The Bertz CT molecular complexity index is 308. The second kappa shape index (κ2) is 16.8. The molecule has 5 nitrogen and oxygen atoms in total. The maximum Gasteiger partial charge on any atom is 0.154 e. The number of aliphatic hydroxyl groups excluding tert-OH is 2. The quantitative estimate of drug-likeness (QED) is 0.622. The molecule has 0 fully saturated rings. The number of benzene rings is 1. The van der Waals surface area contributed by atoms with Crippen molar-refractivity contribution in [3.63, 3.8) is 0 Å². The van der Waals surface area contributed by atoms with E-state index in [2.05, 4.69) is 0 Å². The van der Waals surface area contributed by atoms with Crippen molar-refractivity contribution in [3.05, 3.63) is 35.9 Å². The van der Waals surface area contributed by atoms with Gasteiger partial charge in [-0.15, -0.1) is 0 Å². The van der Waals surface area contributed by atoms with E-state index in [-0.39, 0.29) is 12.9 Å². The number of carbonyl (C=O) groups excluding carboxylic acids is 1. The minimum absolute atomic E-state index is 0.0370. The summed E-state index contributed by atoms with van der Waals surface area (Å²) in [5.41, 5.74) is 0.729. The highest BCUT2D eigenvalue weighted by atomic mass is 16.7. The maximum atomic E-state index is 10.0. The molecule has 0 saturated carbocycles. The fourth-order valence-electron chi connectivity index (χ4n) is 1.05. The Balaban J connectivity index is 0. The van der Waals surface area contributed by atoms with Gasteiger partial charge in [0.05, 0.1) is 12.7 Å². The first kappa shape index (κ1) is 22.0. The van der Waals surface area contributed by atoms with Crippen LogP contribution in [-0.2, 0) is 9.47 Å². The van der Waals surface area contributed by atoms with Gasteiger partial charge in [0.2, 0.25) is 0 Å². The minimum Gasteiger partial charge on any atom is -0.394 e. The van der Waals surface area contributed by atoms with Crippen molar-refractivity contribution in [2.24, 2.45) is 0 Å². The van der Waals surface area contributed by atoms with Crippen LogP contribution in [0.15, 0.2) is 30.3 Å². The smallest absolute Gasteiger partial charge is 0.154 e. The highest BCUT2D eigenvalue weighted by molar-refractivity contribution is 5.74. The third-order valence-electron chi connectivity index (χ3n) is 2.00. The number of ether oxygens (including phenoxy) is 2. The molecule has 1 atom stereocenters. The average Bonchev–Trinajstić information content (AvgIpc) is 2.50. The predicted octanol–water partition coefficient (Wildman–Crippen LogP) is 2.26. The summed E-state index contributed by atoms with van der Waals surface area (Å²) in [5, 5.41) is 16.0. The second-order valence-corrected chi connectivity index (χ2v) is 4.04. The largest absolute Gasteiger partial charge is 0.394 e. The summed E-state index contributed by atoms with van der Waals surface area (Å²) >= 11 is 0. The number of hydrogen-bond donors (Lipinski definition) is 2. The Morgan fingerprint density at radius 2 is 1.52 bits per heavy atom. The molecule has 5 heteroatoms. The van der Waals surface area contributed by atoms with E-state index in [4.69, 9.17) is 19.7 Å². The lowest BCUT2D eigenvalue weighted by atomic mass is 10.2. The molecule has 0 spiro atoms. The molecule has 0 bridgehead atoms. The summed E-state index contributed by atoms with van der Waals surface area (Å²) in [5.74, 6) is 0. The van der Waals surface area contributed by atoms with Crippen LogP contribution in [0, 0.1) is 0 Å². The highest BCUT2D eigenvalue weighted by Gasteiger charge is 1.94. The molecule has 0 aliphatic carbocycles. The zero-order chi connectivity index (χ0) is 16.5. The van der Waals surface area contributed by atoms with Crippen LogP contribution in [0.25, 0.3) is 0 Å². The van der Waals surface area contributed by atoms with Gasteiger partial charge in [0.25, 0.3) is 0 Å². The third kappa shape index (κ3) is 18.7. The SMILES string of the molecule is CC(O)CO.CCOC(C)OCC.O=Cc1ccccc1. The second-order valence-electron chi connectivity index (χ2n) is 4.04. The van der Waals surface area contributed by atoms with Gasteiger partial charge in [-0.2, -0.15) is 0 Å². The molecule has 1 rings (SSSR count). The number of carbonyl (C=O) groups is 1. The summed E-state index contributed by atoms with van der Waals surface area (Å²) in [6, 6.07) is 9.10. The Kier molecular flexibility index (Phi) is 17.6. The van der Waals surface area contributed by atoms with Crippen molar-refractivity contribution >= 4 is 6.29 Å². The van der Waals surface area contributed by atoms with E-state index in [0.29, 0.717) is 0 Å². The van der Waals surface area contributed by atoms with E-state index in [1.54, 1.807) is 12.1 Å². The van der Waals surface area contributed by atoms with E-state index in [1.165, 1.54) is 6.92 Å². The molecule has 21 heavy (non-hydrogen) atoms. The Labute approximate surface area is 127 Å². The lowest BCUT2D eigenvalue weighted by Gasteiger charge is -2.09. The molecule has 1 unspecified atom stereocenters. The van der Waals surface area contributed by atoms with Crippen LogP contribution < -0.4 is 0 Å². The predicted molar refractivity (Wildman–Crippen MR) is 83.3 cm³/mol. The summed E-state index contributed by atoms with van der Waals surface area (Å²) in [4.78, 5) is 10.0. The Morgan fingerprint density at radius 3 is 1.76 bits per heavy atom. The number of aldehydes is 1. The van der Waals surface area contributed by atoms with Crippen LogP contribution >= 0.6 is 0 Å². The van der Waals surface area contributed by atoms with Gasteiger partial charge in [-0.1, -0.05) is 30.3 Å². The molecule has 1 aromatic carbocycles. The summed E-state index contributed by atoms with van der Waals surface area (Å²) in [6.45, 7) is 8.64. The zero-order valence-electron chi connectivity index (χ0n) is 13.4. The van der Waals surface area contributed by atoms with Crippen molar-refractivity contribution in [3.8, 4) is 0 Å². The van der Waals surface area contributed by atoms with Crippen molar-refractivity contribution in [2.45, 2.75) is 40.1 Å². The van der Waals surface area contributed by atoms with Crippen LogP contribution in [0.5, 0.6) is 0 Å². The molecule has 0 aliphatic rings. The summed E-state index contributed by atoms with van der Waals surface area (Å²) < 4.78 is 10.1. The molecule has 0 heterocycles. The van der Waals surface area contributed by atoms with Crippen molar-refractivity contribution in [1.29, 1.82) is 0 Å². The van der Waals surface area contributed by atoms with Crippen molar-refractivity contribution < 1.29 is 24.5 Å². The van der Waals surface area contributed by atoms with Crippen LogP contribution in [0.4, 0.5) is 0 Å². The first-order chi connectivity index (χ1) is 10.0. The van der Waals surface area contributed by atoms with E-state index in [0.717, 1.165) is 25.1 Å². The normalized spacial score (nSPS) is 10.8. The average molecular weight is 300 g/mol. The van der Waals surface area contributed by atoms with Crippen molar-refractivity contribution in [2.75, 3.05) is 19.8 Å². The highest BCUT2D eigenvalue weighted by Crippen LogP contribution is 1.91. The van der Waals surface area contributed by atoms with E-state index < -0.39 is 6.10 Å². The molecule has 0 radical (unpaired) electrons. The van der Waals surface area contributed by atoms with E-state index in [1.807, 2.05) is 39.0 Å². The molecule has 1 aromatic rings. The van der Waals surface area contributed by atoms with Crippen LogP contribution in [0.2, 0.25) is 0 Å². The first-order valence-electron chi connectivity index (χ1n) is 7.04. The lowest BCUT2D eigenvalue weighted by Crippen LogP contribution is -2.11. The molecule has 122 valence electrons. The first-order valence-corrected chi connectivity index (χ1v) is 7.04. The zero-order valence-corrected chi connectivity index (χ0v) is 13.4. The van der Waals surface area contributed by atoms with Gasteiger partial charge in [0.1, 0.15) is 6.29 Å². The molecular weight excluding hydrogens is 272 g/mol. The monoisotopic (exact) mass is 300 g/mol. The molecule has 0 aliphatic heterocycles. The lowest BCUT2D eigenvalue weighted by molar-refractivity contribution is -0.123. The molecule has 0 saturated heterocycles. The molecule has 0 amide bonds. The summed E-state index contributed by atoms with van der Waals surface area (Å²) in [6.07, 6.45) is 0.236. The number of aliphatic hydroxyl groups is 2. The minimum atomic E-state index is -0.560. The molecule has 2 N–H and O–H groups in total. The number of hydrogen-bond acceptors (Lipinski definition) is 5. The summed E-state index contributed by atoms with van der Waals surface area (Å²) in [7, 11) is 0. The van der Waals surface area contributed by atoms with Crippen molar-refractivity contribution in [1.82, 2.24) is 0 Å². The van der Waals surface area contributed by atoms with Gasteiger partial charge in [-0.25, -0.2) is 0 Å². The standard InChI is InChI=1S/C7H6O.C6H14O2.C3H8O2/c8-6-7-4-2-1-3-5-7;1-4-7-6(3)8-5-2;1-3(5)2-4/h1-6H;6H,4-5H2,1-3H3;3-5H,2H2,1H3. The Hall–Kier alpha value is -1.27. The van der Waals surface area contributed by atoms with Gasteiger partial charge >= 0.3 is 0 Å². The van der Waals surface area contributed by atoms with Gasteiger partial charge in [-0.05, 0) is 27.7 Å². The van der Waals surface area contributed by atoms with Crippen LogP contribution in [0.3, 0.4) is 0 Å². The fraction of sp³-hybridized carbons (Fsp3) is 0.562. The van der Waals surface area contributed by atoms with Gasteiger partial charge < -0.3 is 19.7 Å². The number of rotatable bonds is 6. The maximum absolute atomic E-state index is 10.0. The van der Waals surface area contributed by atoms with Crippen LogP contribution in [0.1, 0.15) is 38.1 Å². The third-order valence-corrected chi connectivity index (χ3v) is 2.00. The topological polar surface area (TPSA) is 76.0 Å². The molecule has 0 aromatic heterocycles. The van der Waals surface area contributed by atoms with E-state index >= 15 is 0 Å². The van der Waals surface area contributed by atoms with E-state index in [9.17, 15) is 4.79 Å².